The standard InChI is InChI=1S/C6H12O6.C5H4O2/c7-1-2-3(8)4(9)5(10)6(11)12-2;6-5-3-1-2-4-7-5/h2-11H,1H2;1-4H/t2-,3-,4-,5+,6+;/m0./s1. The highest BCUT2D eigenvalue weighted by atomic mass is 16.6. The lowest BCUT2D eigenvalue weighted by Crippen LogP contribution is -2.58. The molecule has 0 aliphatic carbocycles. The molecule has 0 amide bonds. The Bertz CT molecular complexity index is 397. The van der Waals surface area contributed by atoms with E-state index in [4.69, 9.17) is 25.5 Å². The van der Waals surface area contributed by atoms with Gasteiger partial charge in [0.05, 0.1) is 12.9 Å². The van der Waals surface area contributed by atoms with Gasteiger partial charge in [-0.05, 0) is 6.07 Å². The fourth-order valence-electron chi connectivity index (χ4n) is 1.41. The van der Waals surface area contributed by atoms with Crippen LogP contribution in [0, 0.1) is 0 Å². The molecule has 1 aliphatic rings. The molecule has 2 heterocycles. The van der Waals surface area contributed by atoms with Gasteiger partial charge in [0.15, 0.2) is 6.29 Å². The van der Waals surface area contributed by atoms with Crippen LogP contribution in [0.4, 0.5) is 0 Å². The highest BCUT2D eigenvalue weighted by molar-refractivity contribution is 4.88. The molecular weight excluding hydrogens is 260 g/mol. The Labute approximate surface area is 108 Å². The summed E-state index contributed by atoms with van der Waals surface area (Å²) in [5, 5.41) is 44.7. The Morgan fingerprint density at radius 3 is 2.16 bits per heavy atom. The Hall–Kier alpha value is -1.29. The highest BCUT2D eigenvalue weighted by Gasteiger charge is 2.42. The lowest BCUT2D eigenvalue weighted by atomic mass is 10.00. The van der Waals surface area contributed by atoms with Crippen molar-refractivity contribution in [3.8, 4) is 0 Å². The molecule has 5 N–H and O–H groups in total. The van der Waals surface area contributed by atoms with Gasteiger partial charge in [-0.2, -0.15) is 0 Å². The zero-order chi connectivity index (χ0) is 14.4. The first-order chi connectivity index (χ1) is 8.97. The summed E-state index contributed by atoms with van der Waals surface area (Å²) < 4.78 is 8.95. The first kappa shape index (κ1) is 15.8. The summed E-state index contributed by atoms with van der Waals surface area (Å²) in [6.07, 6.45) is -5.69. The zero-order valence-electron chi connectivity index (χ0n) is 9.86. The van der Waals surface area contributed by atoms with E-state index in [1.807, 2.05) is 0 Å². The molecule has 0 spiro atoms. The van der Waals surface area contributed by atoms with Crippen molar-refractivity contribution in [1.82, 2.24) is 0 Å². The molecule has 0 radical (unpaired) electrons. The smallest absolute Gasteiger partial charge is 0.335 e. The number of aliphatic hydroxyl groups is 5. The van der Waals surface area contributed by atoms with Crippen molar-refractivity contribution in [2.24, 2.45) is 0 Å². The van der Waals surface area contributed by atoms with Gasteiger partial charge in [0.25, 0.3) is 0 Å². The van der Waals surface area contributed by atoms with E-state index >= 15 is 0 Å². The number of aliphatic hydroxyl groups excluding tert-OH is 5. The lowest BCUT2D eigenvalue weighted by Gasteiger charge is -2.37. The summed E-state index contributed by atoms with van der Waals surface area (Å²) in [5.74, 6) is 0. The summed E-state index contributed by atoms with van der Waals surface area (Å²) in [6, 6.07) is 4.65. The minimum Gasteiger partial charge on any atom is -0.431 e. The minimum atomic E-state index is -1.57. The van der Waals surface area contributed by atoms with Crippen LogP contribution >= 0.6 is 0 Å². The topological polar surface area (TPSA) is 141 Å². The van der Waals surface area contributed by atoms with Crippen molar-refractivity contribution in [1.29, 1.82) is 0 Å². The Kier molecular flexibility index (Phi) is 6.09. The van der Waals surface area contributed by atoms with Crippen LogP contribution in [0.3, 0.4) is 0 Å². The lowest BCUT2D eigenvalue weighted by molar-refractivity contribution is -0.286. The van der Waals surface area contributed by atoms with Crippen LogP contribution in [-0.4, -0.2) is 62.8 Å². The normalized spacial score (nSPS) is 34.3. The van der Waals surface area contributed by atoms with Crippen molar-refractivity contribution in [2.45, 2.75) is 30.7 Å². The van der Waals surface area contributed by atoms with Gasteiger partial charge in [-0.25, -0.2) is 4.79 Å². The first-order valence-electron chi connectivity index (χ1n) is 5.49. The highest BCUT2D eigenvalue weighted by Crippen LogP contribution is 2.18. The Morgan fingerprint density at radius 2 is 1.74 bits per heavy atom. The monoisotopic (exact) mass is 276 g/mol. The van der Waals surface area contributed by atoms with Crippen molar-refractivity contribution in [2.75, 3.05) is 6.61 Å². The van der Waals surface area contributed by atoms with Gasteiger partial charge >= 0.3 is 5.63 Å². The summed E-state index contributed by atoms with van der Waals surface area (Å²) in [7, 11) is 0. The van der Waals surface area contributed by atoms with Gasteiger partial charge in [0.1, 0.15) is 24.4 Å². The van der Waals surface area contributed by atoms with Gasteiger partial charge in [0.2, 0.25) is 0 Å². The third-order valence-electron chi connectivity index (χ3n) is 2.47. The maximum Gasteiger partial charge on any atom is 0.335 e. The predicted molar refractivity (Wildman–Crippen MR) is 61.0 cm³/mol. The Morgan fingerprint density at radius 1 is 1.05 bits per heavy atom. The van der Waals surface area contributed by atoms with Crippen molar-refractivity contribution in [3.05, 3.63) is 34.9 Å². The molecule has 1 fully saturated rings. The molecule has 0 aromatic carbocycles. The van der Waals surface area contributed by atoms with Crippen LogP contribution < -0.4 is 5.63 Å². The molecule has 8 nitrogen and oxygen atoms in total. The number of hydrogen-bond donors (Lipinski definition) is 5. The largest absolute Gasteiger partial charge is 0.431 e. The summed E-state index contributed by atoms with van der Waals surface area (Å²) >= 11 is 0. The van der Waals surface area contributed by atoms with Crippen LogP contribution in [0.2, 0.25) is 0 Å². The van der Waals surface area contributed by atoms with E-state index in [2.05, 4.69) is 9.15 Å². The van der Waals surface area contributed by atoms with Crippen LogP contribution in [0.1, 0.15) is 0 Å². The van der Waals surface area contributed by atoms with Gasteiger partial charge in [-0.3, -0.25) is 0 Å². The molecule has 108 valence electrons. The van der Waals surface area contributed by atoms with Gasteiger partial charge in [0, 0.05) is 6.07 Å². The van der Waals surface area contributed by atoms with Crippen LogP contribution in [0.25, 0.3) is 0 Å². The molecule has 0 saturated carbocycles. The second-order valence-electron chi connectivity index (χ2n) is 3.84. The molecule has 2 rings (SSSR count). The van der Waals surface area contributed by atoms with Crippen LogP contribution in [0.5, 0.6) is 0 Å². The molecule has 8 heteroatoms. The quantitative estimate of drug-likeness (QED) is 0.376. The van der Waals surface area contributed by atoms with E-state index in [1.165, 1.54) is 12.3 Å². The maximum absolute atomic E-state index is 10.1. The summed E-state index contributed by atoms with van der Waals surface area (Å²) in [6.45, 7) is -0.526. The number of hydrogen-bond acceptors (Lipinski definition) is 8. The zero-order valence-corrected chi connectivity index (χ0v) is 9.86. The number of rotatable bonds is 1. The first-order valence-corrected chi connectivity index (χ1v) is 5.49. The van der Waals surface area contributed by atoms with Crippen LogP contribution in [-0.2, 0) is 4.74 Å². The van der Waals surface area contributed by atoms with Gasteiger partial charge in [-0.1, -0.05) is 6.07 Å². The molecule has 0 bridgehead atoms. The van der Waals surface area contributed by atoms with Crippen molar-refractivity contribution in [3.63, 3.8) is 0 Å². The fraction of sp³-hybridized carbons (Fsp3) is 0.545. The van der Waals surface area contributed by atoms with E-state index in [9.17, 15) is 4.79 Å². The van der Waals surface area contributed by atoms with E-state index < -0.39 is 37.3 Å². The average Bonchev–Trinajstić information content (AvgIpc) is 2.42. The molecule has 0 unspecified atom stereocenters. The second-order valence-corrected chi connectivity index (χ2v) is 3.84. The fourth-order valence-corrected chi connectivity index (χ4v) is 1.41. The van der Waals surface area contributed by atoms with Crippen molar-refractivity contribution >= 4 is 0 Å². The van der Waals surface area contributed by atoms with Gasteiger partial charge in [-0.15, -0.1) is 0 Å². The minimum absolute atomic E-state index is 0.303. The Balaban J connectivity index is 0.000000218. The molecule has 1 aromatic heterocycles. The molecule has 5 atom stereocenters. The number of ether oxygens (including phenoxy) is 1. The van der Waals surface area contributed by atoms with E-state index in [0.29, 0.717) is 0 Å². The third kappa shape index (κ3) is 4.39. The van der Waals surface area contributed by atoms with Crippen molar-refractivity contribution < 1.29 is 34.7 Å². The maximum atomic E-state index is 10.1. The molecule has 1 saturated heterocycles. The predicted octanol–water partition coefficient (Wildman–Crippen LogP) is -2.58. The second kappa shape index (κ2) is 7.34. The SMILES string of the molecule is O=c1cccco1.OC[C@@H]1O[C@@H](O)[C@H](O)[C@@H](O)[C@H]1O. The third-order valence-corrected chi connectivity index (χ3v) is 2.47. The van der Waals surface area contributed by atoms with Gasteiger partial charge < -0.3 is 34.7 Å². The summed E-state index contributed by atoms with van der Waals surface area (Å²) in [5.41, 5.74) is -0.303. The molecule has 1 aliphatic heterocycles. The molecular formula is C11H16O8. The van der Waals surface area contributed by atoms with Crippen LogP contribution in [0.15, 0.2) is 33.7 Å². The summed E-state index contributed by atoms with van der Waals surface area (Å²) in [4.78, 5) is 10.1. The van der Waals surface area contributed by atoms with E-state index in [1.54, 1.807) is 12.1 Å². The average molecular weight is 276 g/mol. The molecule has 19 heavy (non-hydrogen) atoms. The van der Waals surface area contributed by atoms with E-state index in [0.717, 1.165) is 0 Å². The molecule has 1 aromatic rings. The van der Waals surface area contributed by atoms with E-state index in [-0.39, 0.29) is 5.63 Å².